The van der Waals surface area contributed by atoms with E-state index >= 15 is 0 Å². The van der Waals surface area contributed by atoms with Crippen molar-refractivity contribution < 1.29 is 9.53 Å². The van der Waals surface area contributed by atoms with Crippen molar-refractivity contribution in [2.24, 2.45) is 0 Å². The van der Waals surface area contributed by atoms with Gasteiger partial charge in [0.25, 0.3) is 0 Å². The number of ether oxygens (including phenoxy) is 1. The van der Waals surface area contributed by atoms with Crippen molar-refractivity contribution in [1.29, 1.82) is 0 Å². The van der Waals surface area contributed by atoms with Gasteiger partial charge in [0.2, 0.25) is 0 Å². The molecule has 0 unspecified atom stereocenters. The molecule has 2 aromatic rings. The van der Waals surface area contributed by atoms with Gasteiger partial charge in [-0.1, -0.05) is 6.07 Å². The molecule has 19 heavy (non-hydrogen) atoms. The molecule has 1 amide bonds. The molecule has 2 heterocycles. The molecular weight excluding hydrogens is 244 g/mol. The molecule has 2 N–H and O–H groups in total. The fraction of sp³-hybridized carbons (Fsp3) is 0.308. The van der Waals surface area contributed by atoms with Crippen molar-refractivity contribution in [3.63, 3.8) is 0 Å². The Morgan fingerprint density at radius 3 is 2.79 bits per heavy atom. The Morgan fingerprint density at radius 2 is 2.16 bits per heavy atom. The van der Waals surface area contributed by atoms with Gasteiger partial charge in [0.15, 0.2) is 5.82 Å². The van der Waals surface area contributed by atoms with E-state index in [4.69, 9.17) is 4.74 Å². The number of hydrogen-bond acceptors (Lipinski definition) is 4. The number of amides is 1. The summed E-state index contributed by atoms with van der Waals surface area (Å²) in [6.45, 7) is 5.41. The van der Waals surface area contributed by atoms with Gasteiger partial charge in [-0.05, 0) is 32.9 Å². The number of carbonyl (C=O) groups excluding carboxylic acids is 1. The lowest BCUT2D eigenvalue weighted by Gasteiger charge is -2.18. The third-order valence-corrected chi connectivity index (χ3v) is 2.15. The lowest BCUT2D eigenvalue weighted by atomic mass is 10.2. The first-order valence-corrected chi connectivity index (χ1v) is 5.91. The summed E-state index contributed by atoms with van der Waals surface area (Å²) < 4.78 is 5.14. The van der Waals surface area contributed by atoms with E-state index in [0.717, 1.165) is 11.4 Å². The number of nitrogens with zero attached hydrogens (tertiary/aromatic N) is 2. The van der Waals surface area contributed by atoms with E-state index in [2.05, 4.69) is 20.5 Å². The number of carbonyl (C=O) groups is 1. The van der Waals surface area contributed by atoms with Crippen LogP contribution in [0, 0.1) is 0 Å². The van der Waals surface area contributed by atoms with E-state index in [0.29, 0.717) is 5.82 Å². The second kappa shape index (κ2) is 5.09. The Morgan fingerprint density at radius 1 is 1.37 bits per heavy atom. The third-order valence-electron chi connectivity index (χ3n) is 2.15. The highest BCUT2D eigenvalue weighted by Crippen LogP contribution is 2.17. The van der Waals surface area contributed by atoms with E-state index in [9.17, 15) is 4.79 Å². The summed E-state index contributed by atoms with van der Waals surface area (Å²) in [7, 11) is 0. The maximum absolute atomic E-state index is 11.6. The van der Waals surface area contributed by atoms with Crippen molar-refractivity contribution in [2.45, 2.75) is 26.4 Å². The molecule has 0 aliphatic heterocycles. The van der Waals surface area contributed by atoms with Crippen LogP contribution in [0.1, 0.15) is 20.8 Å². The molecule has 0 atom stereocenters. The van der Waals surface area contributed by atoms with Crippen molar-refractivity contribution in [2.75, 3.05) is 5.32 Å². The zero-order valence-electron chi connectivity index (χ0n) is 11.1. The van der Waals surface area contributed by atoms with Gasteiger partial charge in [0.05, 0.1) is 11.4 Å². The predicted octanol–water partition coefficient (Wildman–Crippen LogP) is 2.82. The molecule has 0 saturated heterocycles. The number of pyridine rings is 1. The zero-order chi connectivity index (χ0) is 13.9. The Bertz CT molecular complexity index is 558. The highest BCUT2D eigenvalue weighted by molar-refractivity contribution is 5.84. The minimum Gasteiger partial charge on any atom is -0.444 e. The fourth-order valence-electron chi connectivity index (χ4n) is 1.45. The van der Waals surface area contributed by atoms with Gasteiger partial charge in [-0.3, -0.25) is 15.4 Å². The topological polar surface area (TPSA) is 79.9 Å². The molecule has 0 fully saturated rings. The number of nitrogens with one attached hydrogen (secondary N) is 2. The predicted molar refractivity (Wildman–Crippen MR) is 71.7 cm³/mol. The van der Waals surface area contributed by atoms with Crippen molar-refractivity contribution >= 4 is 11.9 Å². The molecule has 0 saturated carbocycles. The molecule has 6 heteroatoms. The highest BCUT2D eigenvalue weighted by atomic mass is 16.6. The monoisotopic (exact) mass is 260 g/mol. The van der Waals surface area contributed by atoms with E-state index in [1.165, 1.54) is 0 Å². The quantitative estimate of drug-likeness (QED) is 0.870. The molecule has 2 rings (SSSR count). The summed E-state index contributed by atoms with van der Waals surface area (Å²) in [6, 6.07) is 7.26. The fourth-order valence-corrected chi connectivity index (χ4v) is 1.45. The van der Waals surface area contributed by atoms with Crippen molar-refractivity contribution in [3.05, 3.63) is 30.5 Å². The minimum atomic E-state index is -0.537. The first-order chi connectivity index (χ1) is 8.94. The summed E-state index contributed by atoms with van der Waals surface area (Å²) in [5, 5.41) is 9.35. The summed E-state index contributed by atoms with van der Waals surface area (Å²) >= 11 is 0. The standard InChI is InChI=1S/C13H16N4O2/c1-13(2,3)19-12(18)15-11-8-10(16-17-11)9-6-4-5-7-14-9/h4-8H,1-3H3,(H2,15,16,17,18). The van der Waals surface area contributed by atoms with Crippen LogP contribution in [0.3, 0.4) is 0 Å². The molecule has 2 aromatic heterocycles. The molecule has 0 bridgehead atoms. The lowest BCUT2D eigenvalue weighted by Crippen LogP contribution is -2.27. The van der Waals surface area contributed by atoms with Gasteiger partial charge in [-0.2, -0.15) is 5.10 Å². The summed E-state index contributed by atoms with van der Waals surface area (Å²) in [5.74, 6) is 0.398. The van der Waals surface area contributed by atoms with Crippen molar-refractivity contribution in [1.82, 2.24) is 15.2 Å². The van der Waals surface area contributed by atoms with Crippen LogP contribution in [0.4, 0.5) is 10.6 Å². The summed E-state index contributed by atoms with van der Waals surface area (Å²) in [5.41, 5.74) is 0.948. The van der Waals surface area contributed by atoms with Crippen molar-refractivity contribution in [3.8, 4) is 11.4 Å². The largest absolute Gasteiger partial charge is 0.444 e. The van der Waals surface area contributed by atoms with Gasteiger partial charge in [0, 0.05) is 12.3 Å². The van der Waals surface area contributed by atoms with Crippen LogP contribution in [0.15, 0.2) is 30.5 Å². The van der Waals surface area contributed by atoms with E-state index < -0.39 is 11.7 Å². The normalized spacial score (nSPS) is 11.1. The number of rotatable bonds is 2. The Hall–Kier alpha value is -2.37. The van der Waals surface area contributed by atoms with Gasteiger partial charge >= 0.3 is 6.09 Å². The van der Waals surface area contributed by atoms with Crippen LogP contribution in [0.5, 0.6) is 0 Å². The molecule has 0 aliphatic rings. The number of aromatic amines is 1. The highest BCUT2D eigenvalue weighted by Gasteiger charge is 2.17. The molecule has 100 valence electrons. The average Bonchev–Trinajstić information content (AvgIpc) is 2.76. The Balaban J connectivity index is 2.04. The Labute approximate surface area is 111 Å². The smallest absolute Gasteiger partial charge is 0.413 e. The average molecular weight is 260 g/mol. The van der Waals surface area contributed by atoms with E-state index in [1.54, 1.807) is 33.0 Å². The van der Waals surface area contributed by atoms with Gasteiger partial charge < -0.3 is 4.74 Å². The second-order valence-electron chi connectivity index (χ2n) is 5.01. The molecule has 0 aliphatic carbocycles. The van der Waals surface area contributed by atoms with Crippen LogP contribution in [-0.4, -0.2) is 26.9 Å². The second-order valence-corrected chi connectivity index (χ2v) is 5.01. The summed E-state index contributed by atoms with van der Waals surface area (Å²) in [6.07, 6.45) is 1.16. The van der Waals surface area contributed by atoms with Gasteiger partial charge in [-0.25, -0.2) is 4.79 Å². The van der Waals surface area contributed by atoms with Gasteiger partial charge in [-0.15, -0.1) is 0 Å². The van der Waals surface area contributed by atoms with Crippen LogP contribution < -0.4 is 5.32 Å². The SMILES string of the molecule is CC(C)(C)OC(=O)Nc1cc(-c2ccccn2)[nH]n1. The number of aromatic nitrogens is 3. The van der Waals surface area contributed by atoms with Gasteiger partial charge in [0.1, 0.15) is 5.60 Å². The first kappa shape index (κ1) is 13.1. The lowest BCUT2D eigenvalue weighted by molar-refractivity contribution is 0.0635. The van der Waals surface area contributed by atoms with Crippen LogP contribution in [-0.2, 0) is 4.74 Å². The van der Waals surface area contributed by atoms with Crippen LogP contribution in [0.2, 0.25) is 0 Å². The number of hydrogen-bond donors (Lipinski definition) is 2. The van der Waals surface area contributed by atoms with E-state index in [-0.39, 0.29) is 0 Å². The third kappa shape index (κ3) is 3.80. The molecule has 0 radical (unpaired) electrons. The number of anilines is 1. The van der Waals surface area contributed by atoms with Crippen LogP contribution >= 0.6 is 0 Å². The maximum Gasteiger partial charge on any atom is 0.413 e. The minimum absolute atomic E-state index is 0.398. The summed E-state index contributed by atoms with van der Waals surface area (Å²) in [4.78, 5) is 15.8. The van der Waals surface area contributed by atoms with E-state index in [1.807, 2.05) is 18.2 Å². The van der Waals surface area contributed by atoms with Crippen LogP contribution in [0.25, 0.3) is 11.4 Å². The molecule has 0 spiro atoms. The molecule has 0 aromatic carbocycles. The molecular formula is C13H16N4O2. The maximum atomic E-state index is 11.6. The number of H-pyrrole nitrogens is 1. The Kier molecular flexibility index (Phi) is 3.50. The zero-order valence-corrected chi connectivity index (χ0v) is 11.1. The first-order valence-electron chi connectivity index (χ1n) is 5.91. The molecule has 6 nitrogen and oxygen atoms in total.